The fourth-order valence-electron chi connectivity index (χ4n) is 2.44. The lowest BCUT2D eigenvalue weighted by atomic mass is 10.2. The average Bonchev–Trinajstić information content (AvgIpc) is 3.15. The van der Waals surface area contributed by atoms with Gasteiger partial charge in [0, 0.05) is 16.8 Å². The molecule has 2 N–H and O–H groups in total. The van der Waals surface area contributed by atoms with Gasteiger partial charge in [0.05, 0.1) is 23.4 Å². The van der Waals surface area contributed by atoms with Crippen molar-refractivity contribution < 1.29 is 27.2 Å². The molecule has 0 aliphatic rings. The van der Waals surface area contributed by atoms with E-state index in [1.807, 2.05) is 0 Å². The van der Waals surface area contributed by atoms with E-state index in [4.69, 9.17) is 0 Å². The topological polar surface area (TPSA) is 71.1 Å². The molecule has 1 aromatic heterocycles. The van der Waals surface area contributed by atoms with E-state index in [9.17, 15) is 27.2 Å². The molecule has 2 amide bonds. The van der Waals surface area contributed by atoms with Crippen LogP contribution in [-0.4, -0.2) is 22.6 Å². The minimum Gasteiger partial charge on any atom is -0.326 e. The number of thiazole rings is 1. The molecule has 0 saturated heterocycles. The fourth-order valence-corrected chi connectivity index (χ4v) is 4.08. The van der Waals surface area contributed by atoms with Gasteiger partial charge in [-0.1, -0.05) is 17.8 Å². The van der Waals surface area contributed by atoms with E-state index in [2.05, 4.69) is 15.6 Å². The van der Waals surface area contributed by atoms with Gasteiger partial charge in [-0.05, 0) is 42.5 Å². The van der Waals surface area contributed by atoms with Gasteiger partial charge >= 0.3 is 6.18 Å². The van der Waals surface area contributed by atoms with Crippen LogP contribution in [0.5, 0.6) is 0 Å². The largest absolute Gasteiger partial charge is 0.416 e. The Labute approximate surface area is 182 Å². The number of benzene rings is 2. The minimum absolute atomic E-state index is 0.0436. The van der Waals surface area contributed by atoms with Gasteiger partial charge in [0.1, 0.15) is 5.82 Å². The summed E-state index contributed by atoms with van der Waals surface area (Å²) < 4.78 is 51.7. The van der Waals surface area contributed by atoms with Gasteiger partial charge in [0.15, 0.2) is 4.34 Å². The number of rotatable bonds is 7. The van der Waals surface area contributed by atoms with Gasteiger partial charge in [0.25, 0.3) is 0 Å². The summed E-state index contributed by atoms with van der Waals surface area (Å²) in [4.78, 5) is 28.3. The van der Waals surface area contributed by atoms with Crippen molar-refractivity contribution in [2.75, 3.05) is 16.4 Å². The van der Waals surface area contributed by atoms with E-state index < -0.39 is 23.5 Å². The lowest BCUT2D eigenvalue weighted by Crippen LogP contribution is -2.15. The average molecular weight is 469 g/mol. The zero-order chi connectivity index (χ0) is 22.4. The van der Waals surface area contributed by atoms with Gasteiger partial charge in [-0.2, -0.15) is 13.2 Å². The predicted molar refractivity (Wildman–Crippen MR) is 112 cm³/mol. The zero-order valence-corrected chi connectivity index (χ0v) is 17.3. The maximum absolute atomic E-state index is 12.9. The highest BCUT2D eigenvalue weighted by Gasteiger charge is 2.30. The second kappa shape index (κ2) is 9.92. The van der Waals surface area contributed by atoms with Crippen LogP contribution in [-0.2, 0) is 22.2 Å². The molecule has 0 aliphatic heterocycles. The first-order chi connectivity index (χ1) is 14.7. The molecular formula is C20H15F4N3O2S2. The Kier molecular flexibility index (Phi) is 7.29. The van der Waals surface area contributed by atoms with Crippen LogP contribution in [0.25, 0.3) is 0 Å². The van der Waals surface area contributed by atoms with Gasteiger partial charge in [-0.25, -0.2) is 9.37 Å². The van der Waals surface area contributed by atoms with Crippen LogP contribution >= 0.6 is 23.1 Å². The molecular weight excluding hydrogens is 454 g/mol. The van der Waals surface area contributed by atoms with E-state index in [1.54, 1.807) is 5.38 Å². The van der Waals surface area contributed by atoms with E-state index in [1.165, 1.54) is 59.5 Å². The molecule has 0 saturated carbocycles. The number of anilines is 2. The van der Waals surface area contributed by atoms with Crippen molar-refractivity contribution in [1.29, 1.82) is 0 Å². The maximum atomic E-state index is 12.9. The number of hydrogen-bond donors (Lipinski definition) is 2. The second-order valence-corrected chi connectivity index (χ2v) is 8.33. The molecule has 162 valence electrons. The molecule has 11 heteroatoms. The normalized spacial score (nSPS) is 11.2. The predicted octanol–water partition coefficient (Wildman–Crippen LogP) is 5.21. The van der Waals surface area contributed by atoms with Crippen molar-refractivity contribution >= 4 is 46.3 Å². The summed E-state index contributed by atoms with van der Waals surface area (Å²) >= 11 is 2.42. The highest BCUT2D eigenvalue weighted by Crippen LogP contribution is 2.30. The smallest absolute Gasteiger partial charge is 0.326 e. The number of hydrogen-bond acceptors (Lipinski definition) is 5. The number of amides is 2. The zero-order valence-electron chi connectivity index (χ0n) is 15.7. The quantitative estimate of drug-likeness (QED) is 0.368. The standard InChI is InChI=1S/C20H15F4N3O2S2/c21-13-4-6-14(7-5-13)25-18(29)11-31-19-27-16(10-30-19)9-17(28)26-15-3-1-2-12(8-15)20(22,23)24/h1-8,10H,9,11H2,(H,25,29)(H,26,28). The highest BCUT2D eigenvalue weighted by atomic mass is 32.2. The molecule has 0 bridgehead atoms. The first-order valence-corrected chi connectivity index (χ1v) is 10.7. The Morgan fingerprint density at radius 1 is 1.00 bits per heavy atom. The molecule has 0 radical (unpaired) electrons. The molecule has 31 heavy (non-hydrogen) atoms. The molecule has 2 aromatic carbocycles. The number of nitrogens with zero attached hydrogens (tertiary/aromatic N) is 1. The van der Waals surface area contributed by atoms with Crippen LogP contribution in [0.15, 0.2) is 58.3 Å². The van der Waals surface area contributed by atoms with E-state index in [0.29, 0.717) is 15.7 Å². The van der Waals surface area contributed by atoms with Gasteiger partial charge in [-0.15, -0.1) is 11.3 Å². The Morgan fingerprint density at radius 3 is 2.42 bits per heavy atom. The molecule has 0 atom stereocenters. The van der Waals surface area contributed by atoms with Gasteiger partial charge in [-0.3, -0.25) is 9.59 Å². The van der Waals surface area contributed by atoms with Crippen molar-refractivity contribution in [3.63, 3.8) is 0 Å². The number of aromatic nitrogens is 1. The van der Waals surface area contributed by atoms with Crippen LogP contribution < -0.4 is 10.6 Å². The molecule has 0 aliphatic carbocycles. The Bertz CT molecular complexity index is 1070. The third-order valence-corrected chi connectivity index (χ3v) is 5.87. The van der Waals surface area contributed by atoms with E-state index >= 15 is 0 Å². The van der Waals surface area contributed by atoms with Crippen molar-refractivity contribution in [3.05, 3.63) is 71.0 Å². The minimum atomic E-state index is -4.50. The van der Waals surface area contributed by atoms with Crippen molar-refractivity contribution in [2.24, 2.45) is 0 Å². The summed E-state index contributed by atoms with van der Waals surface area (Å²) in [5, 5.41) is 6.69. The van der Waals surface area contributed by atoms with E-state index in [-0.39, 0.29) is 23.8 Å². The summed E-state index contributed by atoms with van der Waals surface area (Å²) in [7, 11) is 0. The number of halogens is 4. The second-order valence-electron chi connectivity index (χ2n) is 6.25. The lowest BCUT2D eigenvalue weighted by molar-refractivity contribution is -0.137. The molecule has 5 nitrogen and oxygen atoms in total. The number of alkyl halides is 3. The van der Waals surface area contributed by atoms with Gasteiger partial charge in [0.2, 0.25) is 11.8 Å². The SMILES string of the molecule is O=C(CSc1nc(CC(=O)Nc2cccc(C(F)(F)F)c2)cs1)Nc1ccc(F)cc1. The number of carbonyl (C=O) groups excluding carboxylic acids is 2. The van der Waals surface area contributed by atoms with Crippen LogP contribution in [0.2, 0.25) is 0 Å². The molecule has 0 fully saturated rings. The molecule has 1 heterocycles. The van der Waals surface area contributed by atoms with Crippen molar-refractivity contribution in [2.45, 2.75) is 16.9 Å². The monoisotopic (exact) mass is 469 g/mol. The number of nitrogens with one attached hydrogen (secondary N) is 2. The van der Waals surface area contributed by atoms with Gasteiger partial charge < -0.3 is 10.6 Å². The van der Waals surface area contributed by atoms with Crippen molar-refractivity contribution in [3.8, 4) is 0 Å². The lowest BCUT2D eigenvalue weighted by Gasteiger charge is -2.09. The van der Waals surface area contributed by atoms with Crippen LogP contribution in [0, 0.1) is 5.82 Å². The van der Waals surface area contributed by atoms with Crippen molar-refractivity contribution in [1.82, 2.24) is 4.98 Å². The Balaban J connectivity index is 1.48. The molecule has 0 spiro atoms. The fraction of sp³-hybridized carbons (Fsp3) is 0.150. The molecule has 3 rings (SSSR count). The van der Waals surface area contributed by atoms with Crippen LogP contribution in [0.4, 0.5) is 28.9 Å². The number of thioether (sulfide) groups is 1. The maximum Gasteiger partial charge on any atom is 0.416 e. The first kappa shape index (κ1) is 22.8. The third kappa shape index (κ3) is 7.07. The molecule has 3 aromatic rings. The molecule has 0 unspecified atom stereocenters. The first-order valence-electron chi connectivity index (χ1n) is 8.79. The summed E-state index contributed by atoms with van der Waals surface area (Å²) in [6.45, 7) is 0. The van der Waals surface area contributed by atoms with Crippen LogP contribution in [0.1, 0.15) is 11.3 Å². The van der Waals surface area contributed by atoms with E-state index in [0.717, 1.165) is 12.1 Å². The summed E-state index contributed by atoms with van der Waals surface area (Å²) in [5.74, 6) is -1.13. The third-order valence-electron chi connectivity index (χ3n) is 3.80. The Morgan fingerprint density at radius 2 is 1.71 bits per heavy atom. The Hall–Kier alpha value is -2.92. The van der Waals surface area contributed by atoms with Crippen LogP contribution in [0.3, 0.4) is 0 Å². The summed E-state index contributed by atoms with van der Waals surface area (Å²) in [5.41, 5.74) is 0.104. The summed E-state index contributed by atoms with van der Waals surface area (Å²) in [6, 6.07) is 9.74. The summed E-state index contributed by atoms with van der Waals surface area (Å²) in [6.07, 6.45) is -4.61. The number of carbonyl (C=O) groups is 2. The highest BCUT2D eigenvalue weighted by molar-refractivity contribution is 8.01.